The summed E-state index contributed by atoms with van der Waals surface area (Å²) in [6.07, 6.45) is -4.59. The molecule has 0 aromatic carbocycles. The molecule has 12 heavy (non-hydrogen) atoms. The van der Waals surface area contributed by atoms with Crippen molar-refractivity contribution in [2.24, 2.45) is 0 Å². The van der Waals surface area contributed by atoms with Gasteiger partial charge in [-0.05, 0) is 0 Å². The first kappa shape index (κ1) is 11.9. The molecule has 0 heterocycles. The standard InChI is InChI=1S/C6H12O5S/c7-1-3(9)5(10)6(11)4(12)2-8/h1,3-6,8-12H,2H2/t3-,4+,5+,6+/m1/s1. The van der Waals surface area contributed by atoms with Crippen molar-refractivity contribution in [3.8, 4) is 0 Å². The predicted octanol–water partition coefficient (Wildman–Crippen LogP) is -2.44. The second kappa shape index (κ2) is 5.50. The van der Waals surface area contributed by atoms with Crippen molar-refractivity contribution in [3.05, 3.63) is 0 Å². The van der Waals surface area contributed by atoms with Gasteiger partial charge in [0, 0.05) is 0 Å². The van der Waals surface area contributed by atoms with E-state index in [0.29, 0.717) is 0 Å². The molecule has 0 fully saturated rings. The molecule has 0 spiro atoms. The fourth-order valence-corrected chi connectivity index (χ4v) is 0.794. The van der Waals surface area contributed by atoms with Crippen LogP contribution in [-0.4, -0.2) is 56.9 Å². The lowest BCUT2D eigenvalue weighted by Gasteiger charge is -2.22. The Hall–Kier alpha value is -0.140. The second-order valence-corrected chi connectivity index (χ2v) is 3.02. The highest BCUT2D eigenvalue weighted by Gasteiger charge is 2.28. The van der Waals surface area contributed by atoms with Gasteiger partial charge in [0.25, 0.3) is 0 Å². The summed E-state index contributed by atoms with van der Waals surface area (Å²) in [7, 11) is 0. The zero-order chi connectivity index (χ0) is 9.72. The van der Waals surface area contributed by atoms with E-state index in [9.17, 15) is 4.79 Å². The van der Waals surface area contributed by atoms with Crippen LogP contribution in [0.1, 0.15) is 0 Å². The maximum absolute atomic E-state index is 9.95. The van der Waals surface area contributed by atoms with Crippen LogP contribution in [0.5, 0.6) is 0 Å². The van der Waals surface area contributed by atoms with Gasteiger partial charge in [-0.15, -0.1) is 0 Å². The van der Waals surface area contributed by atoms with Crippen molar-refractivity contribution in [2.45, 2.75) is 23.6 Å². The average Bonchev–Trinajstić information content (AvgIpc) is 2.12. The van der Waals surface area contributed by atoms with Crippen molar-refractivity contribution >= 4 is 18.9 Å². The number of thiol groups is 1. The normalized spacial score (nSPS) is 21.1. The van der Waals surface area contributed by atoms with E-state index in [-0.39, 0.29) is 6.29 Å². The number of hydrogen-bond donors (Lipinski definition) is 5. The first-order chi connectivity index (χ1) is 5.54. The van der Waals surface area contributed by atoms with E-state index in [1.54, 1.807) is 0 Å². The van der Waals surface area contributed by atoms with Crippen LogP contribution in [0.4, 0.5) is 0 Å². The molecule has 0 amide bonds. The average molecular weight is 196 g/mol. The Labute approximate surface area is 75.1 Å². The van der Waals surface area contributed by atoms with Gasteiger partial charge in [-0.3, -0.25) is 0 Å². The third-order valence-corrected chi connectivity index (χ3v) is 1.89. The number of rotatable bonds is 5. The minimum absolute atomic E-state index is 0.103. The second-order valence-electron chi connectivity index (χ2n) is 2.36. The van der Waals surface area contributed by atoms with Crippen molar-refractivity contribution in [2.75, 3.05) is 6.61 Å². The summed E-state index contributed by atoms with van der Waals surface area (Å²) in [6.45, 7) is -0.451. The summed E-state index contributed by atoms with van der Waals surface area (Å²) in [5.74, 6) is 0. The number of aliphatic hydroxyl groups is 4. The largest absolute Gasteiger partial charge is 0.395 e. The zero-order valence-corrected chi connectivity index (χ0v) is 7.13. The smallest absolute Gasteiger partial charge is 0.151 e. The summed E-state index contributed by atoms with van der Waals surface area (Å²) >= 11 is 3.71. The summed E-state index contributed by atoms with van der Waals surface area (Å²) in [5.41, 5.74) is 0. The van der Waals surface area contributed by atoms with Gasteiger partial charge >= 0.3 is 0 Å². The monoisotopic (exact) mass is 196 g/mol. The van der Waals surface area contributed by atoms with Gasteiger partial charge in [0.15, 0.2) is 6.29 Å². The van der Waals surface area contributed by atoms with Crippen LogP contribution in [0.25, 0.3) is 0 Å². The Kier molecular flexibility index (Phi) is 5.43. The minimum Gasteiger partial charge on any atom is -0.395 e. The van der Waals surface area contributed by atoms with Crippen molar-refractivity contribution < 1.29 is 25.2 Å². The lowest BCUT2D eigenvalue weighted by Crippen LogP contribution is -2.44. The molecular formula is C6H12O5S. The molecule has 72 valence electrons. The van der Waals surface area contributed by atoms with Crippen LogP contribution in [0.3, 0.4) is 0 Å². The van der Waals surface area contributed by atoms with E-state index in [1.807, 2.05) is 0 Å². The van der Waals surface area contributed by atoms with Crippen LogP contribution >= 0.6 is 12.6 Å². The highest BCUT2D eigenvalue weighted by molar-refractivity contribution is 7.81. The summed E-state index contributed by atoms with van der Waals surface area (Å²) < 4.78 is 0. The van der Waals surface area contributed by atoms with E-state index in [0.717, 1.165) is 0 Å². The fourth-order valence-electron chi connectivity index (χ4n) is 0.618. The maximum Gasteiger partial charge on any atom is 0.151 e. The predicted molar refractivity (Wildman–Crippen MR) is 43.9 cm³/mol. The van der Waals surface area contributed by atoms with Crippen LogP contribution in [0.15, 0.2) is 0 Å². The molecule has 5 nitrogen and oxygen atoms in total. The Balaban J connectivity index is 4.07. The summed E-state index contributed by atoms with van der Waals surface area (Å²) in [6, 6.07) is 0. The number of carbonyl (C=O) groups excluding carboxylic acids is 1. The van der Waals surface area contributed by atoms with Crippen LogP contribution in [0.2, 0.25) is 0 Å². The molecule has 0 aromatic rings. The SMILES string of the molecule is O=C[C@@H](O)[C@H](O)[C@@H](O)[C@@H](S)CO. The number of carbonyl (C=O) groups is 1. The first-order valence-corrected chi connectivity index (χ1v) is 3.84. The number of aldehydes is 1. The third kappa shape index (κ3) is 3.08. The van der Waals surface area contributed by atoms with Gasteiger partial charge < -0.3 is 25.2 Å². The molecule has 0 bridgehead atoms. The lowest BCUT2D eigenvalue weighted by molar-refractivity contribution is -0.126. The molecule has 0 aliphatic carbocycles. The summed E-state index contributed by atoms with van der Waals surface area (Å²) in [4.78, 5) is 9.95. The van der Waals surface area contributed by atoms with E-state index in [4.69, 9.17) is 20.4 Å². The molecule has 4 N–H and O–H groups in total. The highest BCUT2D eigenvalue weighted by Crippen LogP contribution is 2.08. The Bertz CT molecular complexity index is 142. The van der Waals surface area contributed by atoms with E-state index in [2.05, 4.69) is 12.6 Å². The van der Waals surface area contributed by atoms with Crippen LogP contribution < -0.4 is 0 Å². The van der Waals surface area contributed by atoms with Crippen molar-refractivity contribution in [1.29, 1.82) is 0 Å². The maximum atomic E-state index is 9.95. The molecule has 0 rings (SSSR count). The molecule has 0 radical (unpaired) electrons. The molecular weight excluding hydrogens is 184 g/mol. The van der Waals surface area contributed by atoms with Gasteiger partial charge in [-0.25, -0.2) is 0 Å². The molecule has 0 saturated carbocycles. The zero-order valence-electron chi connectivity index (χ0n) is 6.24. The first-order valence-electron chi connectivity index (χ1n) is 3.33. The van der Waals surface area contributed by atoms with Gasteiger partial charge in [-0.1, -0.05) is 0 Å². The third-order valence-electron chi connectivity index (χ3n) is 1.42. The molecule has 0 aliphatic rings. The number of aliphatic hydroxyl groups excluding tert-OH is 4. The van der Waals surface area contributed by atoms with Gasteiger partial charge in [0.2, 0.25) is 0 Å². The molecule has 4 atom stereocenters. The molecule has 0 saturated heterocycles. The molecule has 0 aromatic heterocycles. The molecule has 6 heteroatoms. The van der Waals surface area contributed by atoms with E-state index in [1.165, 1.54) is 0 Å². The van der Waals surface area contributed by atoms with Gasteiger partial charge in [-0.2, -0.15) is 12.6 Å². The van der Waals surface area contributed by atoms with Crippen LogP contribution in [0, 0.1) is 0 Å². The Morgan fingerprint density at radius 2 is 1.75 bits per heavy atom. The number of hydrogen-bond acceptors (Lipinski definition) is 6. The Morgan fingerprint density at radius 1 is 1.25 bits per heavy atom. The van der Waals surface area contributed by atoms with Gasteiger partial charge in [0.1, 0.15) is 12.2 Å². The molecule has 0 aliphatic heterocycles. The summed E-state index contributed by atoms with van der Waals surface area (Å²) in [5, 5.41) is 34.4. The van der Waals surface area contributed by atoms with E-state index < -0.39 is 30.2 Å². The Morgan fingerprint density at radius 3 is 2.08 bits per heavy atom. The lowest BCUT2D eigenvalue weighted by atomic mass is 10.1. The highest BCUT2D eigenvalue weighted by atomic mass is 32.1. The molecule has 0 unspecified atom stereocenters. The van der Waals surface area contributed by atoms with Gasteiger partial charge in [0.05, 0.1) is 18.0 Å². The van der Waals surface area contributed by atoms with Crippen LogP contribution in [-0.2, 0) is 4.79 Å². The van der Waals surface area contributed by atoms with E-state index >= 15 is 0 Å². The van der Waals surface area contributed by atoms with Crippen molar-refractivity contribution in [3.63, 3.8) is 0 Å². The minimum atomic E-state index is -1.65. The fraction of sp³-hybridized carbons (Fsp3) is 0.833. The topological polar surface area (TPSA) is 98.0 Å². The quantitative estimate of drug-likeness (QED) is 0.248. The van der Waals surface area contributed by atoms with Crippen molar-refractivity contribution in [1.82, 2.24) is 0 Å².